The molecule has 82 valence electrons. The number of rotatable bonds is 2. The highest BCUT2D eigenvalue weighted by molar-refractivity contribution is 5.39. The molecule has 0 saturated carbocycles. The zero-order valence-electron chi connectivity index (χ0n) is 9.71. The van der Waals surface area contributed by atoms with Gasteiger partial charge >= 0.3 is 0 Å². The van der Waals surface area contributed by atoms with E-state index in [1.54, 1.807) is 7.11 Å². The van der Waals surface area contributed by atoms with E-state index >= 15 is 0 Å². The molecule has 1 saturated heterocycles. The van der Waals surface area contributed by atoms with Crippen molar-refractivity contribution in [1.82, 2.24) is 5.32 Å². The Kier molecular flexibility index (Phi) is 2.96. The molecular formula is C13H19NO. The van der Waals surface area contributed by atoms with Crippen molar-refractivity contribution in [2.24, 2.45) is 5.92 Å². The first-order valence-corrected chi connectivity index (χ1v) is 5.60. The summed E-state index contributed by atoms with van der Waals surface area (Å²) in [6, 6.07) is 6.92. The summed E-state index contributed by atoms with van der Waals surface area (Å²) in [5.74, 6) is 1.71. The Bertz CT molecular complexity index is 348. The fraction of sp³-hybridized carbons (Fsp3) is 0.538. The summed E-state index contributed by atoms with van der Waals surface area (Å²) >= 11 is 0. The van der Waals surface area contributed by atoms with Crippen molar-refractivity contribution >= 4 is 0 Å². The van der Waals surface area contributed by atoms with Gasteiger partial charge in [0.25, 0.3) is 0 Å². The second-order valence-electron chi connectivity index (χ2n) is 4.44. The maximum Gasteiger partial charge on any atom is 0.123 e. The lowest BCUT2D eigenvalue weighted by Crippen LogP contribution is -2.17. The van der Waals surface area contributed by atoms with Crippen LogP contribution in [-0.2, 0) is 0 Å². The van der Waals surface area contributed by atoms with Crippen LogP contribution in [0.4, 0.5) is 0 Å². The Morgan fingerprint density at radius 2 is 2.20 bits per heavy atom. The molecule has 0 bridgehead atoms. The molecule has 0 unspecified atom stereocenters. The Hall–Kier alpha value is -1.02. The summed E-state index contributed by atoms with van der Waals surface area (Å²) in [5.41, 5.74) is 2.55. The van der Waals surface area contributed by atoms with Crippen LogP contribution < -0.4 is 10.1 Å². The van der Waals surface area contributed by atoms with Crippen LogP contribution in [-0.4, -0.2) is 13.7 Å². The Labute approximate surface area is 91.6 Å². The van der Waals surface area contributed by atoms with Crippen LogP contribution in [0.2, 0.25) is 0 Å². The van der Waals surface area contributed by atoms with E-state index in [1.807, 2.05) is 0 Å². The highest BCUT2D eigenvalue weighted by atomic mass is 16.5. The Morgan fingerprint density at radius 3 is 2.80 bits per heavy atom. The predicted octanol–water partition coefficient (Wildman–Crippen LogP) is 2.67. The van der Waals surface area contributed by atoms with E-state index in [-0.39, 0.29) is 0 Å². The average molecular weight is 205 g/mol. The van der Waals surface area contributed by atoms with Crippen LogP contribution in [0.1, 0.15) is 30.5 Å². The smallest absolute Gasteiger partial charge is 0.123 e. The quantitative estimate of drug-likeness (QED) is 0.801. The third-order valence-corrected chi connectivity index (χ3v) is 3.26. The molecule has 1 N–H and O–H groups in total. The number of hydrogen-bond acceptors (Lipinski definition) is 2. The monoisotopic (exact) mass is 205 g/mol. The van der Waals surface area contributed by atoms with Gasteiger partial charge in [-0.2, -0.15) is 0 Å². The van der Waals surface area contributed by atoms with E-state index in [0.717, 1.165) is 12.3 Å². The van der Waals surface area contributed by atoms with Gasteiger partial charge in [0.15, 0.2) is 0 Å². The maximum atomic E-state index is 5.45. The van der Waals surface area contributed by atoms with Crippen LogP contribution in [0.25, 0.3) is 0 Å². The molecule has 0 spiro atoms. The number of aryl methyl sites for hydroxylation is 1. The molecule has 15 heavy (non-hydrogen) atoms. The van der Waals surface area contributed by atoms with E-state index in [9.17, 15) is 0 Å². The molecular weight excluding hydrogens is 186 g/mol. The van der Waals surface area contributed by atoms with Crippen LogP contribution in [0.15, 0.2) is 18.2 Å². The minimum Gasteiger partial charge on any atom is -0.496 e. The molecule has 0 radical (unpaired) electrons. The minimum absolute atomic E-state index is 0.459. The fourth-order valence-corrected chi connectivity index (χ4v) is 2.33. The molecule has 2 atom stereocenters. The maximum absolute atomic E-state index is 5.45. The van der Waals surface area contributed by atoms with Gasteiger partial charge < -0.3 is 10.1 Å². The molecule has 2 rings (SSSR count). The van der Waals surface area contributed by atoms with E-state index < -0.39 is 0 Å². The molecule has 0 amide bonds. The normalized spacial score (nSPS) is 25.5. The van der Waals surface area contributed by atoms with E-state index in [0.29, 0.717) is 12.0 Å². The third-order valence-electron chi connectivity index (χ3n) is 3.26. The summed E-state index contributed by atoms with van der Waals surface area (Å²) in [6.45, 7) is 5.50. The molecule has 2 nitrogen and oxygen atoms in total. The zero-order valence-corrected chi connectivity index (χ0v) is 9.71. The number of nitrogens with one attached hydrogen (secondary N) is 1. The highest BCUT2D eigenvalue weighted by Gasteiger charge is 2.26. The minimum atomic E-state index is 0.459. The fourth-order valence-electron chi connectivity index (χ4n) is 2.33. The highest BCUT2D eigenvalue weighted by Crippen LogP contribution is 2.34. The van der Waals surface area contributed by atoms with E-state index in [1.165, 1.54) is 17.5 Å². The van der Waals surface area contributed by atoms with Crippen molar-refractivity contribution in [3.8, 4) is 5.75 Å². The number of methoxy groups -OCH3 is 1. The summed E-state index contributed by atoms with van der Waals surface area (Å²) in [4.78, 5) is 0. The first-order valence-electron chi connectivity index (χ1n) is 5.60. The van der Waals surface area contributed by atoms with Gasteiger partial charge in [-0.3, -0.25) is 0 Å². The van der Waals surface area contributed by atoms with Crippen molar-refractivity contribution in [3.63, 3.8) is 0 Å². The predicted molar refractivity (Wildman–Crippen MR) is 62.3 cm³/mol. The molecule has 2 heteroatoms. The van der Waals surface area contributed by atoms with E-state index in [2.05, 4.69) is 37.4 Å². The van der Waals surface area contributed by atoms with Gasteiger partial charge in [-0.25, -0.2) is 0 Å². The van der Waals surface area contributed by atoms with Crippen LogP contribution in [0.3, 0.4) is 0 Å². The average Bonchev–Trinajstić information content (AvgIpc) is 2.64. The Balaban J connectivity index is 2.34. The van der Waals surface area contributed by atoms with Crippen molar-refractivity contribution in [1.29, 1.82) is 0 Å². The molecule has 0 aromatic heterocycles. The number of ether oxygens (including phenoxy) is 1. The van der Waals surface area contributed by atoms with Crippen LogP contribution >= 0.6 is 0 Å². The molecule has 1 aliphatic rings. The van der Waals surface area contributed by atoms with Crippen LogP contribution in [0, 0.1) is 12.8 Å². The Morgan fingerprint density at radius 1 is 1.40 bits per heavy atom. The van der Waals surface area contributed by atoms with Gasteiger partial charge in [-0.15, -0.1) is 0 Å². The second kappa shape index (κ2) is 4.23. The summed E-state index contributed by atoms with van der Waals surface area (Å²) in [7, 11) is 1.75. The first kappa shape index (κ1) is 10.5. The van der Waals surface area contributed by atoms with Gasteiger partial charge in [0.2, 0.25) is 0 Å². The number of hydrogen-bond donors (Lipinski definition) is 1. The number of benzene rings is 1. The molecule has 1 aromatic rings. The summed E-state index contributed by atoms with van der Waals surface area (Å²) < 4.78 is 5.45. The van der Waals surface area contributed by atoms with Crippen molar-refractivity contribution in [3.05, 3.63) is 29.3 Å². The molecule has 0 aliphatic carbocycles. The lowest BCUT2D eigenvalue weighted by atomic mass is 9.94. The van der Waals surface area contributed by atoms with E-state index in [4.69, 9.17) is 4.74 Å². The summed E-state index contributed by atoms with van der Waals surface area (Å²) in [5, 5.41) is 3.54. The molecule has 1 fully saturated rings. The van der Waals surface area contributed by atoms with Crippen molar-refractivity contribution < 1.29 is 4.74 Å². The van der Waals surface area contributed by atoms with Crippen LogP contribution in [0.5, 0.6) is 5.75 Å². The topological polar surface area (TPSA) is 21.3 Å². The largest absolute Gasteiger partial charge is 0.496 e. The summed E-state index contributed by atoms with van der Waals surface area (Å²) in [6.07, 6.45) is 1.25. The van der Waals surface area contributed by atoms with Gasteiger partial charge in [0.05, 0.1) is 7.11 Å². The van der Waals surface area contributed by atoms with Crippen molar-refractivity contribution in [2.75, 3.05) is 13.7 Å². The standard InChI is InChI=1S/C13H19NO/c1-9-4-5-11(12(8-9)15-3)13-10(2)6-7-14-13/h4-5,8,10,13-14H,6-7H2,1-3H3/t10-,13-/m0/s1. The lowest BCUT2D eigenvalue weighted by Gasteiger charge is -2.19. The molecule has 1 aliphatic heterocycles. The van der Waals surface area contributed by atoms with Gasteiger partial charge in [-0.1, -0.05) is 19.1 Å². The van der Waals surface area contributed by atoms with Gasteiger partial charge in [0, 0.05) is 11.6 Å². The second-order valence-corrected chi connectivity index (χ2v) is 4.44. The van der Waals surface area contributed by atoms with Crippen molar-refractivity contribution in [2.45, 2.75) is 26.3 Å². The SMILES string of the molecule is COc1cc(C)ccc1[C@H]1NCC[C@@H]1C. The van der Waals surface area contributed by atoms with Gasteiger partial charge in [0.1, 0.15) is 5.75 Å². The third kappa shape index (κ3) is 2.00. The molecule has 1 heterocycles. The first-order chi connectivity index (χ1) is 7.22. The lowest BCUT2D eigenvalue weighted by molar-refractivity contribution is 0.394. The zero-order chi connectivity index (χ0) is 10.8. The van der Waals surface area contributed by atoms with Gasteiger partial charge in [-0.05, 0) is 37.4 Å². The molecule has 1 aromatic carbocycles.